The van der Waals surface area contributed by atoms with Crippen LogP contribution in [-0.2, 0) is 4.79 Å². The molecule has 28 heavy (non-hydrogen) atoms. The molecule has 1 aromatic heterocycles. The third kappa shape index (κ3) is 4.43. The fourth-order valence-corrected chi connectivity index (χ4v) is 4.99. The molecule has 2 aromatic rings. The van der Waals surface area contributed by atoms with Crippen molar-refractivity contribution in [1.82, 2.24) is 14.8 Å². The van der Waals surface area contributed by atoms with Crippen LogP contribution >= 0.6 is 11.3 Å². The molecule has 5 nitrogen and oxygen atoms in total. The Kier molecular flexibility index (Phi) is 6.05. The smallest absolute Gasteiger partial charge is 0.273 e. The minimum Gasteiger partial charge on any atom is -0.339 e. The second kappa shape index (κ2) is 8.86. The van der Waals surface area contributed by atoms with Gasteiger partial charge in [0.2, 0.25) is 5.91 Å². The van der Waals surface area contributed by atoms with E-state index in [1.54, 1.807) is 0 Å². The zero-order valence-electron chi connectivity index (χ0n) is 16.2. The zero-order chi connectivity index (χ0) is 19.3. The third-order valence-corrected chi connectivity index (χ3v) is 6.80. The van der Waals surface area contributed by atoms with Gasteiger partial charge >= 0.3 is 0 Å². The average Bonchev–Trinajstić information content (AvgIpc) is 3.44. The molecule has 0 bridgehead atoms. The van der Waals surface area contributed by atoms with Gasteiger partial charge < -0.3 is 9.80 Å². The van der Waals surface area contributed by atoms with E-state index in [2.05, 4.69) is 4.98 Å². The fourth-order valence-electron chi connectivity index (χ4n) is 4.19. The second-order valence-corrected chi connectivity index (χ2v) is 8.62. The second-order valence-electron chi connectivity index (χ2n) is 7.77. The topological polar surface area (TPSA) is 53.5 Å². The van der Waals surface area contributed by atoms with Gasteiger partial charge in [0.25, 0.3) is 5.91 Å². The maximum atomic E-state index is 12.8. The summed E-state index contributed by atoms with van der Waals surface area (Å²) in [6, 6.07) is 9.92. The summed E-state index contributed by atoms with van der Waals surface area (Å²) >= 11 is 1.50. The van der Waals surface area contributed by atoms with Gasteiger partial charge in [-0.15, -0.1) is 11.3 Å². The van der Waals surface area contributed by atoms with Crippen LogP contribution in [0.25, 0.3) is 10.6 Å². The molecular weight excluding hydrogens is 370 g/mol. The summed E-state index contributed by atoms with van der Waals surface area (Å²) < 4.78 is 0. The lowest BCUT2D eigenvalue weighted by molar-refractivity contribution is -0.133. The molecule has 2 amide bonds. The first-order chi connectivity index (χ1) is 13.7. The van der Waals surface area contributed by atoms with Gasteiger partial charge in [0, 0.05) is 43.5 Å². The van der Waals surface area contributed by atoms with Crippen LogP contribution in [0.2, 0.25) is 0 Å². The number of thiazole rings is 1. The molecule has 1 aliphatic heterocycles. The van der Waals surface area contributed by atoms with Crippen LogP contribution in [0, 0.1) is 5.92 Å². The molecule has 4 rings (SSSR count). The number of rotatable bonds is 5. The zero-order valence-corrected chi connectivity index (χ0v) is 17.0. The quantitative estimate of drug-likeness (QED) is 0.764. The Hall–Kier alpha value is -2.21. The number of nitrogens with zero attached hydrogens (tertiary/aromatic N) is 3. The first kappa shape index (κ1) is 19.1. The van der Waals surface area contributed by atoms with E-state index in [1.807, 2.05) is 45.5 Å². The summed E-state index contributed by atoms with van der Waals surface area (Å²) in [5, 5.41) is 2.70. The van der Waals surface area contributed by atoms with Crippen molar-refractivity contribution in [3.05, 3.63) is 41.4 Å². The van der Waals surface area contributed by atoms with Crippen molar-refractivity contribution >= 4 is 23.2 Å². The SMILES string of the molecule is O=C(CCC1CCCC1)N1CCN(C(=O)c2csc(-c3ccccc3)n2)CC1. The largest absolute Gasteiger partial charge is 0.339 e. The monoisotopic (exact) mass is 397 g/mol. The predicted octanol–water partition coefficient (Wildman–Crippen LogP) is 4.06. The standard InChI is InChI=1S/C22H27N3O2S/c26-20(11-10-17-6-4-5-7-17)24-12-14-25(15-13-24)22(27)19-16-28-21(23-19)18-8-2-1-3-9-18/h1-3,8-9,16-17H,4-7,10-15H2. The normalized spacial score (nSPS) is 17.9. The van der Waals surface area contributed by atoms with Gasteiger partial charge in [0.15, 0.2) is 0 Å². The van der Waals surface area contributed by atoms with Crippen LogP contribution in [-0.4, -0.2) is 52.8 Å². The molecule has 1 saturated carbocycles. The highest BCUT2D eigenvalue weighted by atomic mass is 32.1. The molecular formula is C22H27N3O2S. The van der Waals surface area contributed by atoms with Crippen LogP contribution in [0.3, 0.4) is 0 Å². The Bertz CT molecular complexity index is 806. The first-order valence-corrected chi connectivity index (χ1v) is 11.2. The summed E-state index contributed by atoms with van der Waals surface area (Å²) in [5.74, 6) is 0.964. The maximum Gasteiger partial charge on any atom is 0.273 e. The highest BCUT2D eigenvalue weighted by molar-refractivity contribution is 7.13. The fraction of sp³-hybridized carbons (Fsp3) is 0.500. The van der Waals surface area contributed by atoms with Gasteiger partial charge in [-0.3, -0.25) is 9.59 Å². The summed E-state index contributed by atoms with van der Waals surface area (Å²) in [6.07, 6.45) is 6.90. The van der Waals surface area contributed by atoms with Crippen molar-refractivity contribution in [2.45, 2.75) is 38.5 Å². The molecule has 1 saturated heterocycles. The number of hydrogen-bond donors (Lipinski definition) is 0. The summed E-state index contributed by atoms with van der Waals surface area (Å²) in [7, 11) is 0. The minimum atomic E-state index is -0.0310. The predicted molar refractivity (Wildman–Crippen MR) is 111 cm³/mol. The highest BCUT2D eigenvalue weighted by Crippen LogP contribution is 2.29. The van der Waals surface area contributed by atoms with Crippen LogP contribution in [0.4, 0.5) is 0 Å². The molecule has 2 heterocycles. The maximum absolute atomic E-state index is 12.8. The Morgan fingerprint density at radius 1 is 1.00 bits per heavy atom. The van der Waals surface area contributed by atoms with E-state index in [0.29, 0.717) is 38.3 Å². The number of piperazine rings is 1. The van der Waals surface area contributed by atoms with E-state index in [1.165, 1.54) is 37.0 Å². The lowest BCUT2D eigenvalue weighted by Gasteiger charge is -2.34. The Morgan fingerprint density at radius 3 is 2.39 bits per heavy atom. The Labute approximate surface area is 170 Å². The van der Waals surface area contributed by atoms with E-state index in [4.69, 9.17) is 0 Å². The van der Waals surface area contributed by atoms with Crippen LogP contribution in [0.15, 0.2) is 35.7 Å². The van der Waals surface area contributed by atoms with Crippen molar-refractivity contribution in [3.8, 4) is 10.6 Å². The van der Waals surface area contributed by atoms with Crippen molar-refractivity contribution in [2.75, 3.05) is 26.2 Å². The number of carbonyl (C=O) groups excluding carboxylic acids is 2. The molecule has 0 unspecified atom stereocenters. The minimum absolute atomic E-state index is 0.0310. The molecule has 0 atom stereocenters. The number of aromatic nitrogens is 1. The van der Waals surface area contributed by atoms with E-state index in [0.717, 1.165) is 22.9 Å². The molecule has 0 radical (unpaired) electrons. The lowest BCUT2D eigenvalue weighted by Crippen LogP contribution is -2.50. The van der Waals surface area contributed by atoms with Crippen LogP contribution < -0.4 is 0 Å². The van der Waals surface area contributed by atoms with Gasteiger partial charge in [0.1, 0.15) is 10.7 Å². The van der Waals surface area contributed by atoms with Crippen molar-refractivity contribution in [3.63, 3.8) is 0 Å². The number of amides is 2. The first-order valence-electron chi connectivity index (χ1n) is 10.3. The van der Waals surface area contributed by atoms with Gasteiger partial charge in [-0.25, -0.2) is 4.98 Å². The van der Waals surface area contributed by atoms with Gasteiger partial charge in [-0.2, -0.15) is 0 Å². The molecule has 1 aliphatic carbocycles. The number of carbonyl (C=O) groups is 2. The van der Waals surface area contributed by atoms with E-state index >= 15 is 0 Å². The summed E-state index contributed by atoms with van der Waals surface area (Å²) in [6.45, 7) is 2.44. The molecule has 2 fully saturated rings. The van der Waals surface area contributed by atoms with Gasteiger partial charge in [0.05, 0.1) is 0 Å². The Balaban J connectivity index is 1.28. The van der Waals surface area contributed by atoms with Crippen molar-refractivity contribution in [2.24, 2.45) is 5.92 Å². The van der Waals surface area contributed by atoms with Crippen LogP contribution in [0.5, 0.6) is 0 Å². The lowest BCUT2D eigenvalue weighted by atomic mass is 10.0. The molecule has 0 N–H and O–H groups in total. The number of benzene rings is 1. The molecule has 1 aromatic carbocycles. The van der Waals surface area contributed by atoms with E-state index in [9.17, 15) is 9.59 Å². The van der Waals surface area contributed by atoms with E-state index in [-0.39, 0.29) is 11.8 Å². The highest BCUT2D eigenvalue weighted by Gasteiger charge is 2.26. The molecule has 148 valence electrons. The van der Waals surface area contributed by atoms with Crippen molar-refractivity contribution < 1.29 is 9.59 Å². The third-order valence-electron chi connectivity index (χ3n) is 5.90. The summed E-state index contributed by atoms with van der Waals surface area (Å²) in [5.41, 5.74) is 1.54. The molecule has 0 spiro atoms. The summed E-state index contributed by atoms with van der Waals surface area (Å²) in [4.78, 5) is 33.5. The van der Waals surface area contributed by atoms with Crippen LogP contribution in [0.1, 0.15) is 49.0 Å². The van der Waals surface area contributed by atoms with E-state index < -0.39 is 0 Å². The van der Waals surface area contributed by atoms with Crippen molar-refractivity contribution in [1.29, 1.82) is 0 Å². The Morgan fingerprint density at radius 2 is 1.68 bits per heavy atom. The van der Waals surface area contributed by atoms with Gasteiger partial charge in [-0.1, -0.05) is 56.0 Å². The number of hydrogen-bond acceptors (Lipinski definition) is 4. The molecule has 2 aliphatic rings. The molecule has 6 heteroatoms. The van der Waals surface area contributed by atoms with Gasteiger partial charge in [-0.05, 0) is 12.3 Å². The average molecular weight is 398 g/mol.